The van der Waals surface area contributed by atoms with Crippen LogP contribution in [-0.2, 0) is 20.9 Å². The molecule has 1 spiro atoms. The van der Waals surface area contributed by atoms with Gasteiger partial charge in [0.25, 0.3) is 0 Å². The zero-order chi connectivity index (χ0) is 18.7. The van der Waals surface area contributed by atoms with Gasteiger partial charge >= 0.3 is 0 Å². The first kappa shape index (κ1) is 18.9. The molecule has 2 aliphatic heterocycles. The third-order valence-corrected chi connectivity index (χ3v) is 6.74. The Balaban J connectivity index is 1.23. The zero-order valence-electron chi connectivity index (χ0n) is 16.4. The fraction of sp³-hybridized carbons (Fsp3) is 0.727. The lowest BCUT2D eigenvalue weighted by Gasteiger charge is -2.40. The molecule has 1 aromatic heterocycles. The smallest absolute Gasteiger partial charge is 0.225 e. The predicted molar refractivity (Wildman–Crippen MR) is 103 cm³/mol. The topological polar surface area (TPSA) is 51.7 Å². The number of ether oxygens (including phenoxy) is 2. The van der Waals surface area contributed by atoms with Gasteiger partial charge in [-0.15, -0.1) is 0 Å². The van der Waals surface area contributed by atoms with Crippen LogP contribution in [0.2, 0.25) is 0 Å². The Kier molecular flexibility index (Phi) is 5.79. The molecule has 5 nitrogen and oxygen atoms in total. The summed E-state index contributed by atoms with van der Waals surface area (Å²) in [6, 6.07) is 3.97. The lowest BCUT2D eigenvalue weighted by atomic mass is 9.81. The van der Waals surface area contributed by atoms with Gasteiger partial charge in [-0.05, 0) is 56.1 Å². The number of aromatic nitrogens is 1. The van der Waals surface area contributed by atoms with E-state index in [1.807, 2.05) is 18.3 Å². The highest BCUT2D eigenvalue weighted by Gasteiger charge is 2.44. The summed E-state index contributed by atoms with van der Waals surface area (Å²) in [7, 11) is 0. The number of pyridine rings is 1. The van der Waals surface area contributed by atoms with Crippen molar-refractivity contribution in [2.24, 2.45) is 11.8 Å². The van der Waals surface area contributed by atoms with Gasteiger partial charge < -0.3 is 14.4 Å². The third kappa shape index (κ3) is 4.52. The summed E-state index contributed by atoms with van der Waals surface area (Å²) in [5, 5.41) is 0. The van der Waals surface area contributed by atoms with Crippen LogP contribution in [0, 0.1) is 11.8 Å². The number of amides is 1. The van der Waals surface area contributed by atoms with Gasteiger partial charge in [0.1, 0.15) is 0 Å². The van der Waals surface area contributed by atoms with Crippen molar-refractivity contribution in [2.75, 3.05) is 19.7 Å². The minimum Gasteiger partial charge on any atom is -0.372 e. The van der Waals surface area contributed by atoms with Crippen LogP contribution in [0.15, 0.2) is 24.5 Å². The molecule has 1 atom stereocenters. The third-order valence-electron chi connectivity index (χ3n) is 6.74. The molecule has 1 saturated carbocycles. The molecule has 0 bridgehead atoms. The lowest BCUT2D eigenvalue weighted by Crippen LogP contribution is -2.48. The maximum absolute atomic E-state index is 12.8. The van der Waals surface area contributed by atoms with Crippen molar-refractivity contribution in [3.8, 4) is 0 Å². The molecule has 0 radical (unpaired) electrons. The molecular weight excluding hydrogens is 340 g/mol. The molecule has 3 heterocycles. The Labute approximate surface area is 162 Å². The van der Waals surface area contributed by atoms with Crippen molar-refractivity contribution >= 4 is 5.91 Å². The Hall–Kier alpha value is -1.46. The molecule has 5 heteroatoms. The first-order valence-corrected chi connectivity index (χ1v) is 10.6. The molecule has 1 amide bonds. The SMILES string of the molecule is CC1CCC(C(=O)N2CCC3(CC2)CC(OCc2cccnc2)CO3)CC1. The molecule has 0 N–H and O–H groups in total. The molecule has 3 fully saturated rings. The van der Waals surface area contributed by atoms with Gasteiger partial charge in [0.15, 0.2) is 0 Å². The average Bonchev–Trinajstić information content (AvgIpc) is 3.10. The second-order valence-corrected chi connectivity index (χ2v) is 8.77. The second kappa shape index (κ2) is 8.27. The van der Waals surface area contributed by atoms with Crippen LogP contribution in [0.25, 0.3) is 0 Å². The maximum Gasteiger partial charge on any atom is 0.225 e. The van der Waals surface area contributed by atoms with Gasteiger partial charge in [-0.25, -0.2) is 0 Å². The van der Waals surface area contributed by atoms with E-state index < -0.39 is 0 Å². The van der Waals surface area contributed by atoms with Crippen molar-refractivity contribution in [2.45, 2.75) is 70.2 Å². The van der Waals surface area contributed by atoms with Crippen molar-refractivity contribution in [3.05, 3.63) is 30.1 Å². The van der Waals surface area contributed by atoms with Crippen LogP contribution in [0.3, 0.4) is 0 Å². The van der Waals surface area contributed by atoms with E-state index in [-0.39, 0.29) is 17.6 Å². The minimum atomic E-state index is -0.0858. The van der Waals surface area contributed by atoms with Crippen LogP contribution in [-0.4, -0.2) is 47.2 Å². The Morgan fingerprint density at radius 2 is 2.07 bits per heavy atom. The van der Waals surface area contributed by atoms with Crippen LogP contribution in [0.5, 0.6) is 0 Å². The van der Waals surface area contributed by atoms with Crippen LogP contribution >= 0.6 is 0 Å². The number of hydrogen-bond acceptors (Lipinski definition) is 4. The monoisotopic (exact) mass is 372 g/mol. The summed E-state index contributed by atoms with van der Waals surface area (Å²) < 4.78 is 12.2. The van der Waals surface area contributed by atoms with Gasteiger partial charge in [0.05, 0.1) is 24.9 Å². The Morgan fingerprint density at radius 3 is 2.78 bits per heavy atom. The number of nitrogens with zero attached hydrogens (tertiary/aromatic N) is 2. The molecule has 27 heavy (non-hydrogen) atoms. The van der Waals surface area contributed by atoms with Crippen molar-refractivity contribution in [1.29, 1.82) is 0 Å². The molecule has 148 valence electrons. The number of hydrogen-bond donors (Lipinski definition) is 0. The summed E-state index contributed by atoms with van der Waals surface area (Å²) in [6.07, 6.45) is 11.1. The van der Waals surface area contributed by atoms with E-state index in [0.717, 1.165) is 56.7 Å². The van der Waals surface area contributed by atoms with E-state index in [2.05, 4.69) is 16.8 Å². The molecule has 1 aromatic rings. The second-order valence-electron chi connectivity index (χ2n) is 8.77. The summed E-state index contributed by atoms with van der Waals surface area (Å²) in [5.41, 5.74) is 1.01. The quantitative estimate of drug-likeness (QED) is 0.811. The summed E-state index contributed by atoms with van der Waals surface area (Å²) in [5.74, 6) is 1.43. The largest absolute Gasteiger partial charge is 0.372 e. The fourth-order valence-corrected chi connectivity index (χ4v) is 4.86. The highest BCUT2D eigenvalue weighted by Crippen LogP contribution is 2.38. The predicted octanol–water partition coefficient (Wildman–Crippen LogP) is 3.57. The van der Waals surface area contributed by atoms with Crippen LogP contribution in [0.4, 0.5) is 0 Å². The highest BCUT2D eigenvalue weighted by molar-refractivity contribution is 5.79. The number of rotatable bonds is 4. The van der Waals surface area contributed by atoms with E-state index in [9.17, 15) is 4.79 Å². The van der Waals surface area contributed by atoms with E-state index >= 15 is 0 Å². The van der Waals surface area contributed by atoms with E-state index in [1.165, 1.54) is 12.8 Å². The highest BCUT2D eigenvalue weighted by atomic mass is 16.6. The van der Waals surface area contributed by atoms with E-state index in [4.69, 9.17) is 9.47 Å². The minimum absolute atomic E-state index is 0.0858. The molecule has 1 unspecified atom stereocenters. The van der Waals surface area contributed by atoms with Gasteiger partial charge in [-0.3, -0.25) is 9.78 Å². The molecule has 3 aliphatic rings. The standard InChI is InChI=1S/C22H32N2O3/c1-17-4-6-19(7-5-17)21(25)24-11-8-22(9-12-24)13-20(16-27-22)26-15-18-3-2-10-23-14-18/h2-3,10,14,17,19-20H,4-9,11-13,15-16H2,1H3. The number of piperidine rings is 1. The van der Waals surface area contributed by atoms with Crippen molar-refractivity contribution < 1.29 is 14.3 Å². The Bertz CT molecular complexity index is 620. The van der Waals surface area contributed by atoms with Crippen LogP contribution < -0.4 is 0 Å². The van der Waals surface area contributed by atoms with Crippen LogP contribution in [0.1, 0.15) is 57.4 Å². The van der Waals surface area contributed by atoms with Gasteiger partial charge in [-0.1, -0.05) is 13.0 Å². The van der Waals surface area contributed by atoms with Gasteiger partial charge in [0.2, 0.25) is 5.91 Å². The van der Waals surface area contributed by atoms with Gasteiger partial charge in [0, 0.05) is 37.8 Å². The van der Waals surface area contributed by atoms with Crippen molar-refractivity contribution in [1.82, 2.24) is 9.88 Å². The Morgan fingerprint density at radius 1 is 1.30 bits per heavy atom. The summed E-state index contributed by atoms with van der Waals surface area (Å²) in [4.78, 5) is 19.1. The van der Waals surface area contributed by atoms with Gasteiger partial charge in [-0.2, -0.15) is 0 Å². The maximum atomic E-state index is 12.8. The zero-order valence-corrected chi connectivity index (χ0v) is 16.4. The van der Waals surface area contributed by atoms with Crippen molar-refractivity contribution in [3.63, 3.8) is 0 Å². The summed E-state index contributed by atoms with van der Waals surface area (Å²) in [6.45, 7) is 5.22. The molecule has 4 rings (SSSR count). The van der Waals surface area contributed by atoms with E-state index in [1.54, 1.807) is 6.20 Å². The average molecular weight is 373 g/mol. The molecule has 0 aromatic carbocycles. The first-order valence-electron chi connectivity index (χ1n) is 10.6. The molecule has 2 saturated heterocycles. The summed E-state index contributed by atoms with van der Waals surface area (Å²) >= 11 is 0. The molecule has 1 aliphatic carbocycles. The molecular formula is C22H32N2O3. The first-order chi connectivity index (χ1) is 13.1. The fourth-order valence-electron chi connectivity index (χ4n) is 4.86. The normalized spacial score (nSPS) is 30.6. The number of carbonyl (C=O) groups is 1. The number of likely N-dealkylation sites (tertiary alicyclic amines) is 1. The number of carbonyl (C=O) groups excluding carboxylic acids is 1. The van der Waals surface area contributed by atoms with E-state index in [0.29, 0.717) is 19.1 Å². The lowest BCUT2D eigenvalue weighted by molar-refractivity contribution is -0.141.